The van der Waals surface area contributed by atoms with Gasteiger partial charge in [0.2, 0.25) is 17.7 Å². The molecule has 5 rings (SSSR count). The number of anilines is 1. The number of para-hydroxylation sites is 1. The van der Waals surface area contributed by atoms with E-state index in [1.165, 1.54) is 5.56 Å². The van der Waals surface area contributed by atoms with Gasteiger partial charge in [0.15, 0.2) is 0 Å². The van der Waals surface area contributed by atoms with Crippen LogP contribution in [0.4, 0.5) is 15.8 Å². The Balaban J connectivity index is 0.00000172. The summed E-state index contributed by atoms with van der Waals surface area (Å²) in [6.07, 6.45) is 15.7. The molecule has 2 heterocycles. The number of Topliss-reactive ketones (excluding diaryl/α,β-unsaturated/α-hetero) is 2. The Morgan fingerprint density at radius 1 is 0.795 bits per heavy atom. The minimum absolute atomic E-state index is 0.102. The molecule has 0 spiro atoms. The molecule has 2 aromatic rings. The highest BCUT2D eigenvalue weighted by atomic mass is 19.1. The normalized spacial score (nSPS) is 21.5. The van der Waals surface area contributed by atoms with Crippen molar-refractivity contribution in [1.29, 1.82) is 0 Å². The third-order valence-corrected chi connectivity index (χ3v) is 7.41. The third-order valence-electron chi connectivity index (χ3n) is 7.41. The van der Waals surface area contributed by atoms with Gasteiger partial charge < -0.3 is 5.32 Å². The Kier molecular flexibility index (Phi) is 7.82. The van der Waals surface area contributed by atoms with Crippen LogP contribution in [0.3, 0.4) is 0 Å². The minimum atomic E-state index is -2.07. The van der Waals surface area contributed by atoms with E-state index < -0.39 is 23.2 Å². The first kappa shape index (κ1) is 27.9. The van der Waals surface area contributed by atoms with Gasteiger partial charge in [-0.3, -0.25) is 14.6 Å². The van der Waals surface area contributed by atoms with Crippen molar-refractivity contribution in [2.45, 2.75) is 58.5 Å². The molecule has 39 heavy (non-hydrogen) atoms. The zero-order valence-corrected chi connectivity index (χ0v) is 23.4. The molecule has 1 N–H and O–H groups in total. The molecule has 0 amide bonds. The van der Waals surface area contributed by atoms with Crippen LogP contribution in [-0.4, -0.2) is 23.4 Å². The van der Waals surface area contributed by atoms with E-state index >= 15 is 0 Å². The van der Waals surface area contributed by atoms with Crippen molar-refractivity contribution in [1.82, 2.24) is 0 Å². The number of rotatable bonds is 5. The second-order valence-corrected chi connectivity index (χ2v) is 10.5. The Hall–Kier alpha value is -4.12. The fourth-order valence-electron chi connectivity index (χ4n) is 5.09. The second-order valence-electron chi connectivity index (χ2n) is 10.5. The smallest absolute Gasteiger partial charge is 0.225 e. The molecule has 3 aliphatic rings. The van der Waals surface area contributed by atoms with Gasteiger partial charge in [-0.1, -0.05) is 102 Å². The Morgan fingerprint density at radius 3 is 2.05 bits per heavy atom. The zero-order chi connectivity index (χ0) is 28.4. The lowest BCUT2D eigenvalue weighted by Gasteiger charge is -2.20. The average Bonchev–Trinajstić information content (AvgIpc) is 3.42. The summed E-state index contributed by atoms with van der Waals surface area (Å²) in [5.74, 6) is -1.49. The van der Waals surface area contributed by atoms with E-state index in [2.05, 4.69) is 37.4 Å². The maximum Gasteiger partial charge on any atom is 0.225 e. The molecule has 1 aliphatic carbocycles. The fraction of sp³-hybridized carbons (Fsp3) is 0.265. The van der Waals surface area contributed by atoms with Crippen LogP contribution < -0.4 is 5.32 Å². The molecule has 0 aromatic heterocycles. The van der Waals surface area contributed by atoms with Crippen LogP contribution in [0.1, 0.15) is 73.4 Å². The number of alkyl halides is 1. The summed E-state index contributed by atoms with van der Waals surface area (Å²) in [5, 5.41) is 3.33. The maximum absolute atomic E-state index is 13.9. The molecule has 0 radical (unpaired) electrons. The Labute approximate surface area is 230 Å². The van der Waals surface area contributed by atoms with Crippen LogP contribution >= 0.6 is 0 Å². The standard InChI is InChI=1S/C32H29FN2O2.C2H6/c1-31(2)22-14-12-13-15-24(22)34-26(31)16-10-8-6-5-7-9-11-17-27-32(3,4)23-18-20-21(19-25(23)35-27)30(37)28(33)29(20)36;1-2/h5-19,28,35H,1-4H3;1-2H3/b7-5+,8-6+,11-9+,16-10+,27-17-;. The SMILES string of the molecule is CC.CC1(C)C(/C=C/C=C/C=C/C=C/C=C2\Nc3cc4c(cc3C2(C)C)C(=O)C(F)C4=O)=Nc2ccccc21. The largest absolute Gasteiger partial charge is 0.358 e. The number of aliphatic imine (C=N–C) groups is 1. The van der Waals surface area contributed by atoms with Crippen LogP contribution in [0.5, 0.6) is 0 Å². The van der Waals surface area contributed by atoms with Gasteiger partial charge in [0, 0.05) is 33.3 Å². The number of hydrogen-bond acceptors (Lipinski definition) is 4. The predicted octanol–water partition coefficient (Wildman–Crippen LogP) is 8.31. The van der Waals surface area contributed by atoms with Gasteiger partial charge in [-0.05, 0) is 41.5 Å². The molecule has 0 saturated carbocycles. The number of nitrogens with zero attached hydrogens (tertiary/aromatic N) is 1. The van der Waals surface area contributed by atoms with Gasteiger partial charge in [0.05, 0.1) is 11.4 Å². The number of allylic oxidation sites excluding steroid dienone is 10. The first-order valence-electron chi connectivity index (χ1n) is 13.4. The summed E-state index contributed by atoms with van der Waals surface area (Å²) in [4.78, 5) is 28.9. The number of hydrogen-bond donors (Lipinski definition) is 1. The molecular weight excluding hydrogens is 487 g/mol. The molecule has 2 aromatic carbocycles. The molecule has 0 bridgehead atoms. The number of fused-ring (bicyclic) bond motifs is 3. The number of carbonyl (C=O) groups excluding carboxylic acids is 2. The van der Waals surface area contributed by atoms with Crippen molar-refractivity contribution >= 4 is 28.7 Å². The van der Waals surface area contributed by atoms with E-state index in [9.17, 15) is 14.0 Å². The molecule has 0 fully saturated rings. The fourth-order valence-corrected chi connectivity index (χ4v) is 5.09. The van der Waals surface area contributed by atoms with Gasteiger partial charge in [0.25, 0.3) is 0 Å². The quantitative estimate of drug-likeness (QED) is 0.317. The molecule has 200 valence electrons. The zero-order valence-electron chi connectivity index (χ0n) is 23.4. The number of nitrogens with one attached hydrogen (secondary N) is 1. The van der Waals surface area contributed by atoms with E-state index in [0.29, 0.717) is 0 Å². The van der Waals surface area contributed by atoms with Crippen LogP contribution in [-0.2, 0) is 10.8 Å². The van der Waals surface area contributed by atoms with E-state index in [4.69, 9.17) is 4.99 Å². The minimum Gasteiger partial charge on any atom is -0.358 e. The molecule has 1 unspecified atom stereocenters. The number of carbonyl (C=O) groups is 2. The highest BCUT2D eigenvalue weighted by molar-refractivity contribution is 6.29. The molecule has 2 aliphatic heterocycles. The highest BCUT2D eigenvalue weighted by Gasteiger charge is 2.43. The monoisotopic (exact) mass is 522 g/mol. The first-order valence-corrected chi connectivity index (χ1v) is 13.4. The van der Waals surface area contributed by atoms with E-state index in [0.717, 1.165) is 28.3 Å². The van der Waals surface area contributed by atoms with Crippen LogP contribution in [0, 0.1) is 0 Å². The van der Waals surface area contributed by atoms with Gasteiger partial charge in [-0.25, -0.2) is 4.39 Å². The average molecular weight is 523 g/mol. The van der Waals surface area contributed by atoms with E-state index in [1.807, 2.05) is 88.4 Å². The van der Waals surface area contributed by atoms with Crippen LogP contribution in [0.2, 0.25) is 0 Å². The van der Waals surface area contributed by atoms with Gasteiger partial charge in [0.1, 0.15) is 0 Å². The molecule has 0 saturated heterocycles. The summed E-state index contributed by atoms with van der Waals surface area (Å²) in [6, 6.07) is 11.5. The Morgan fingerprint density at radius 2 is 1.38 bits per heavy atom. The topological polar surface area (TPSA) is 58.5 Å². The van der Waals surface area contributed by atoms with E-state index in [-0.39, 0.29) is 16.5 Å². The molecule has 4 nitrogen and oxygen atoms in total. The van der Waals surface area contributed by atoms with Gasteiger partial charge >= 0.3 is 0 Å². The van der Waals surface area contributed by atoms with Gasteiger partial charge in [-0.2, -0.15) is 0 Å². The van der Waals surface area contributed by atoms with Crippen molar-refractivity contribution in [2.24, 2.45) is 4.99 Å². The summed E-state index contributed by atoms with van der Waals surface area (Å²) < 4.78 is 13.9. The molecule has 5 heteroatoms. The van der Waals surface area contributed by atoms with Crippen molar-refractivity contribution < 1.29 is 14.0 Å². The van der Waals surface area contributed by atoms with Gasteiger partial charge in [-0.15, -0.1) is 0 Å². The maximum atomic E-state index is 13.9. The van der Waals surface area contributed by atoms with Crippen LogP contribution in [0.15, 0.2) is 102 Å². The molecular formula is C34H35FN2O2. The number of ketones is 2. The molecule has 1 atom stereocenters. The number of halogens is 1. The Bertz CT molecular complexity index is 1500. The van der Waals surface area contributed by atoms with Crippen molar-refractivity contribution in [3.05, 3.63) is 119 Å². The van der Waals surface area contributed by atoms with Crippen molar-refractivity contribution in [3.63, 3.8) is 0 Å². The van der Waals surface area contributed by atoms with E-state index in [1.54, 1.807) is 12.1 Å². The second kappa shape index (κ2) is 10.9. The predicted molar refractivity (Wildman–Crippen MR) is 159 cm³/mol. The lowest BCUT2D eigenvalue weighted by Crippen LogP contribution is -2.23. The summed E-state index contributed by atoms with van der Waals surface area (Å²) in [7, 11) is 0. The summed E-state index contributed by atoms with van der Waals surface area (Å²) >= 11 is 0. The highest BCUT2D eigenvalue weighted by Crippen LogP contribution is 2.46. The first-order chi connectivity index (χ1) is 18.6. The summed E-state index contributed by atoms with van der Waals surface area (Å²) in [6.45, 7) is 12.4. The van der Waals surface area contributed by atoms with Crippen LogP contribution in [0.25, 0.3) is 0 Å². The lowest BCUT2D eigenvalue weighted by molar-refractivity contribution is 0.0791. The van der Waals surface area contributed by atoms with Crippen molar-refractivity contribution in [3.8, 4) is 0 Å². The third kappa shape index (κ3) is 5.01. The summed E-state index contributed by atoms with van der Waals surface area (Å²) in [5.41, 5.74) is 5.72. The number of benzene rings is 2. The van der Waals surface area contributed by atoms with Crippen molar-refractivity contribution in [2.75, 3.05) is 5.32 Å². The lowest BCUT2D eigenvalue weighted by atomic mass is 9.81.